The minimum Gasteiger partial charge on any atom is -0.455 e. The SMILES string of the molecule is CC(=O)c1ccc(NC(=O)COC(=O)[C@@H]2CC(=O)N(c3cccc(Cl)c3C)C2)cc1. The number of Topliss-reactive ketones (excluding diaryl/α,β-unsaturated/α-hetero) is 1. The number of nitrogens with zero attached hydrogens (tertiary/aromatic N) is 1. The summed E-state index contributed by atoms with van der Waals surface area (Å²) < 4.78 is 5.10. The van der Waals surface area contributed by atoms with E-state index in [0.717, 1.165) is 5.56 Å². The van der Waals surface area contributed by atoms with Gasteiger partial charge in [-0.05, 0) is 55.8 Å². The molecule has 8 heteroatoms. The van der Waals surface area contributed by atoms with E-state index in [1.807, 2.05) is 6.92 Å². The molecule has 156 valence electrons. The molecule has 30 heavy (non-hydrogen) atoms. The molecule has 0 aliphatic carbocycles. The van der Waals surface area contributed by atoms with Gasteiger partial charge in [0.25, 0.3) is 5.91 Å². The van der Waals surface area contributed by atoms with Gasteiger partial charge in [0.05, 0.1) is 5.92 Å². The number of nitrogens with one attached hydrogen (secondary N) is 1. The number of rotatable bonds is 6. The lowest BCUT2D eigenvalue weighted by atomic mass is 10.1. The number of benzene rings is 2. The molecular weight excluding hydrogens is 408 g/mol. The number of esters is 1. The number of carbonyl (C=O) groups excluding carboxylic acids is 4. The summed E-state index contributed by atoms with van der Waals surface area (Å²) in [5.41, 5.74) is 2.44. The van der Waals surface area contributed by atoms with Gasteiger partial charge < -0.3 is 15.0 Å². The Balaban J connectivity index is 1.53. The number of hydrogen-bond acceptors (Lipinski definition) is 5. The highest BCUT2D eigenvalue weighted by Gasteiger charge is 2.37. The first-order valence-corrected chi connectivity index (χ1v) is 9.77. The van der Waals surface area contributed by atoms with Gasteiger partial charge in [0, 0.05) is 34.9 Å². The Hall–Kier alpha value is -3.19. The molecule has 1 heterocycles. The van der Waals surface area contributed by atoms with Crippen LogP contribution in [0, 0.1) is 12.8 Å². The van der Waals surface area contributed by atoms with E-state index in [2.05, 4.69) is 5.32 Å². The Morgan fingerprint density at radius 1 is 1.17 bits per heavy atom. The van der Waals surface area contributed by atoms with E-state index in [1.54, 1.807) is 42.5 Å². The fourth-order valence-corrected chi connectivity index (χ4v) is 3.40. The van der Waals surface area contributed by atoms with Crippen LogP contribution in [0.2, 0.25) is 5.02 Å². The molecule has 1 atom stereocenters. The first-order chi connectivity index (χ1) is 14.3. The fourth-order valence-electron chi connectivity index (χ4n) is 3.23. The second-order valence-corrected chi connectivity index (χ2v) is 7.49. The molecule has 1 N–H and O–H groups in total. The number of carbonyl (C=O) groups is 4. The second kappa shape index (κ2) is 9.09. The van der Waals surface area contributed by atoms with Gasteiger partial charge in [-0.3, -0.25) is 19.2 Å². The summed E-state index contributed by atoms with van der Waals surface area (Å²) in [6, 6.07) is 11.6. The predicted octanol–water partition coefficient (Wildman–Crippen LogP) is 3.39. The third kappa shape index (κ3) is 4.86. The molecule has 7 nitrogen and oxygen atoms in total. The number of anilines is 2. The second-order valence-electron chi connectivity index (χ2n) is 7.08. The van der Waals surface area contributed by atoms with Crippen molar-refractivity contribution < 1.29 is 23.9 Å². The van der Waals surface area contributed by atoms with Crippen molar-refractivity contribution in [1.29, 1.82) is 0 Å². The highest BCUT2D eigenvalue weighted by molar-refractivity contribution is 6.31. The summed E-state index contributed by atoms with van der Waals surface area (Å²) in [6.07, 6.45) is 0.0128. The molecule has 3 rings (SSSR count). The normalized spacial score (nSPS) is 15.8. The maximum absolute atomic E-state index is 12.4. The van der Waals surface area contributed by atoms with E-state index < -0.39 is 24.4 Å². The van der Waals surface area contributed by atoms with Crippen molar-refractivity contribution in [3.8, 4) is 0 Å². The molecule has 0 unspecified atom stereocenters. The molecule has 2 aromatic carbocycles. The highest BCUT2D eigenvalue weighted by Crippen LogP contribution is 2.31. The van der Waals surface area contributed by atoms with Crippen molar-refractivity contribution in [2.45, 2.75) is 20.3 Å². The van der Waals surface area contributed by atoms with Crippen LogP contribution in [-0.2, 0) is 19.1 Å². The van der Waals surface area contributed by atoms with E-state index >= 15 is 0 Å². The summed E-state index contributed by atoms with van der Waals surface area (Å²) >= 11 is 6.12. The third-order valence-electron chi connectivity index (χ3n) is 4.91. The molecule has 2 aromatic rings. The van der Waals surface area contributed by atoms with Crippen molar-refractivity contribution >= 4 is 46.5 Å². The maximum atomic E-state index is 12.4. The molecule has 0 saturated carbocycles. The van der Waals surface area contributed by atoms with Gasteiger partial charge >= 0.3 is 5.97 Å². The largest absolute Gasteiger partial charge is 0.455 e. The highest BCUT2D eigenvalue weighted by atomic mass is 35.5. The Morgan fingerprint density at radius 2 is 1.87 bits per heavy atom. The minimum atomic E-state index is -0.654. The molecule has 0 bridgehead atoms. The Bertz CT molecular complexity index is 1000. The van der Waals surface area contributed by atoms with Crippen LogP contribution in [0.4, 0.5) is 11.4 Å². The number of halogens is 1. The van der Waals surface area contributed by atoms with Crippen LogP contribution in [0.5, 0.6) is 0 Å². The Labute approximate surface area is 179 Å². The van der Waals surface area contributed by atoms with Gasteiger partial charge in [0.15, 0.2) is 12.4 Å². The van der Waals surface area contributed by atoms with Gasteiger partial charge in [-0.2, -0.15) is 0 Å². The van der Waals surface area contributed by atoms with Crippen molar-refractivity contribution in [3.05, 3.63) is 58.6 Å². The standard InChI is InChI=1S/C22H21ClN2O5/c1-13-18(23)4-3-5-19(13)25-11-16(10-21(25)28)22(29)30-12-20(27)24-17-8-6-15(7-9-17)14(2)26/h3-9,16H,10-12H2,1-2H3,(H,24,27)/t16-/m1/s1. The van der Waals surface area contributed by atoms with Crippen LogP contribution in [0.1, 0.15) is 29.3 Å². The van der Waals surface area contributed by atoms with Gasteiger partial charge in [-0.1, -0.05) is 17.7 Å². The maximum Gasteiger partial charge on any atom is 0.311 e. The summed E-state index contributed by atoms with van der Waals surface area (Å²) in [7, 11) is 0. The number of ketones is 1. The van der Waals surface area contributed by atoms with Crippen LogP contribution in [0.3, 0.4) is 0 Å². The third-order valence-corrected chi connectivity index (χ3v) is 5.32. The zero-order valence-electron chi connectivity index (χ0n) is 16.6. The summed E-state index contributed by atoms with van der Waals surface area (Å²) in [6.45, 7) is 2.97. The Kier molecular flexibility index (Phi) is 6.52. The number of ether oxygens (including phenoxy) is 1. The van der Waals surface area contributed by atoms with Gasteiger partial charge in [0.2, 0.25) is 5.91 Å². The quantitative estimate of drug-likeness (QED) is 0.562. The van der Waals surface area contributed by atoms with Crippen molar-refractivity contribution in [2.75, 3.05) is 23.4 Å². The first kappa shape index (κ1) is 21.5. The molecule has 1 aliphatic rings. The molecule has 0 radical (unpaired) electrons. The van der Waals surface area contributed by atoms with Gasteiger partial charge in [-0.25, -0.2) is 0 Å². The molecule has 1 saturated heterocycles. The molecule has 0 aromatic heterocycles. The lowest BCUT2D eigenvalue weighted by Gasteiger charge is -2.19. The van der Waals surface area contributed by atoms with Crippen LogP contribution in [0.15, 0.2) is 42.5 Å². The zero-order valence-corrected chi connectivity index (χ0v) is 17.4. The lowest BCUT2D eigenvalue weighted by molar-refractivity contribution is -0.151. The fraction of sp³-hybridized carbons (Fsp3) is 0.273. The topological polar surface area (TPSA) is 92.8 Å². The number of hydrogen-bond donors (Lipinski definition) is 1. The van der Waals surface area contributed by atoms with Crippen molar-refractivity contribution in [1.82, 2.24) is 0 Å². The lowest BCUT2D eigenvalue weighted by Crippen LogP contribution is -2.28. The summed E-state index contributed by atoms with van der Waals surface area (Å²) in [5.74, 6) is -2.04. The summed E-state index contributed by atoms with van der Waals surface area (Å²) in [5, 5.41) is 3.13. The molecule has 1 fully saturated rings. The summed E-state index contributed by atoms with van der Waals surface area (Å²) in [4.78, 5) is 49.6. The molecule has 2 amide bonds. The van der Waals surface area contributed by atoms with Crippen LogP contribution in [0.25, 0.3) is 0 Å². The molecular formula is C22H21ClN2O5. The zero-order chi connectivity index (χ0) is 21.8. The monoisotopic (exact) mass is 428 g/mol. The van der Waals surface area contributed by atoms with E-state index in [0.29, 0.717) is 22.0 Å². The van der Waals surface area contributed by atoms with Crippen LogP contribution < -0.4 is 10.2 Å². The van der Waals surface area contributed by atoms with E-state index in [1.165, 1.54) is 11.8 Å². The average Bonchev–Trinajstić information content (AvgIpc) is 3.10. The predicted molar refractivity (Wildman–Crippen MR) is 113 cm³/mol. The van der Waals surface area contributed by atoms with Crippen molar-refractivity contribution in [2.24, 2.45) is 5.92 Å². The molecule has 0 spiro atoms. The van der Waals surface area contributed by atoms with E-state index in [-0.39, 0.29) is 24.7 Å². The van der Waals surface area contributed by atoms with E-state index in [9.17, 15) is 19.2 Å². The first-order valence-electron chi connectivity index (χ1n) is 9.39. The van der Waals surface area contributed by atoms with Gasteiger partial charge in [-0.15, -0.1) is 0 Å². The van der Waals surface area contributed by atoms with E-state index in [4.69, 9.17) is 16.3 Å². The molecule has 1 aliphatic heterocycles. The Morgan fingerprint density at radius 3 is 2.53 bits per heavy atom. The minimum absolute atomic E-state index is 0.0128. The van der Waals surface area contributed by atoms with Crippen LogP contribution >= 0.6 is 11.6 Å². The average molecular weight is 429 g/mol. The van der Waals surface area contributed by atoms with Crippen LogP contribution in [-0.4, -0.2) is 36.7 Å². The van der Waals surface area contributed by atoms with Crippen molar-refractivity contribution in [3.63, 3.8) is 0 Å². The smallest absolute Gasteiger partial charge is 0.311 e. The van der Waals surface area contributed by atoms with Gasteiger partial charge in [0.1, 0.15) is 0 Å². The number of amides is 2.